The summed E-state index contributed by atoms with van der Waals surface area (Å²) in [5.74, 6) is 0.785. The number of para-hydroxylation sites is 1. The second-order valence-corrected chi connectivity index (χ2v) is 4.63. The van der Waals surface area contributed by atoms with Crippen molar-refractivity contribution >= 4 is 28.7 Å². The molecule has 18 heavy (non-hydrogen) atoms. The van der Waals surface area contributed by atoms with Crippen LogP contribution < -0.4 is 11.1 Å². The fraction of sp³-hybridized carbons (Fsp3) is 0.143. The van der Waals surface area contributed by atoms with E-state index in [0.29, 0.717) is 4.99 Å². The van der Waals surface area contributed by atoms with E-state index < -0.39 is 0 Å². The van der Waals surface area contributed by atoms with Gasteiger partial charge in [-0.1, -0.05) is 30.4 Å². The first-order chi connectivity index (χ1) is 8.58. The van der Waals surface area contributed by atoms with E-state index in [4.69, 9.17) is 18.0 Å². The molecule has 2 rings (SSSR count). The highest BCUT2D eigenvalue weighted by atomic mass is 32.1. The number of nitrogens with zero attached hydrogens (tertiary/aromatic N) is 1. The zero-order valence-electron chi connectivity index (χ0n) is 10.4. The van der Waals surface area contributed by atoms with E-state index in [-0.39, 0.29) is 0 Å². The molecule has 0 aliphatic rings. The number of hydrogen-bond acceptors (Lipinski definition) is 3. The first-order valence-electron chi connectivity index (χ1n) is 5.67. The lowest BCUT2D eigenvalue weighted by molar-refractivity contribution is 1.27. The molecule has 1 aromatic carbocycles. The lowest BCUT2D eigenvalue weighted by Crippen LogP contribution is -2.09. The number of anilines is 2. The van der Waals surface area contributed by atoms with E-state index in [2.05, 4.69) is 36.3 Å². The Hall–Kier alpha value is -1.94. The smallest absolute Gasteiger partial charge is 0.130 e. The van der Waals surface area contributed by atoms with Crippen LogP contribution in [0.15, 0.2) is 36.5 Å². The van der Waals surface area contributed by atoms with Crippen LogP contribution in [0.2, 0.25) is 0 Å². The number of pyridine rings is 1. The second kappa shape index (κ2) is 5.14. The number of aromatic nitrogens is 1. The van der Waals surface area contributed by atoms with Gasteiger partial charge in [-0.3, -0.25) is 0 Å². The molecule has 0 saturated carbocycles. The summed E-state index contributed by atoms with van der Waals surface area (Å²) in [7, 11) is 0. The van der Waals surface area contributed by atoms with Crippen molar-refractivity contribution in [2.75, 3.05) is 5.32 Å². The second-order valence-electron chi connectivity index (χ2n) is 4.19. The lowest BCUT2D eigenvalue weighted by atomic mass is 10.1. The van der Waals surface area contributed by atoms with Crippen molar-refractivity contribution in [2.45, 2.75) is 13.8 Å². The van der Waals surface area contributed by atoms with Gasteiger partial charge in [0.05, 0.1) is 0 Å². The number of hydrogen-bond donors (Lipinski definition) is 2. The molecule has 2 aromatic rings. The van der Waals surface area contributed by atoms with Gasteiger partial charge in [-0.25, -0.2) is 4.98 Å². The van der Waals surface area contributed by atoms with Crippen molar-refractivity contribution in [3.05, 3.63) is 53.2 Å². The number of benzene rings is 1. The van der Waals surface area contributed by atoms with Crippen LogP contribution in [0.25, 0.3) is 0 Å². The van der Waals surface area contributed by atoms with Crippen LogP contribution >= 0.6 is 12.2 Å². The van der Waals surface area contributed by atoms with Crippen molar-refractivity contribution in [1.82, 2.24) is 4.98 Å². The third-order valence-electron chi connectivity index (χ3n) is 2.78. The lowest BCUT2D eigenvalue weighted by Gasteiger charge is -2.12. The first-order valence-corrected chi connectivity index (χ1v) is 6.08. The van der Waals surface area contributed by atoms with Crippen LogP contribution in [0, 0.1) is 13.8 Å². The summed E-state index contributed by atoms with van der Waals surface area (Å²) in [5.41, 5.74) is 9.78. The average molecular weight is 257 g/mol. The fourth-order valence-electron chi connectivity index (χ4n) is 1.75. The molecule has 0 saturated heterocycles. The molecular formula is C14H15N3S. The molecule has 1 aromatic heterocycles. The normalized spacial score (nSPS) is 10.1. The quantitative estimate of drug-likeness (QED) is 0.830. The van der Waals surface area contributed by atoms with Crippen LogP contribution in [0.4, 0.5) is 11.5 Å². The molecule has 0 fully saturated rings. The number of nitrogens with one attached hydrogen (secondary N) is 1. The maximum Gasteiger partial charge on any atom is 0.130 e. The predicted molar refractivity (Wildman–Crippen MR) is 79.3 cm³/mol. The van der Waals surface area contributed by atoms with Crippen LogP contribution in [0.5, 0.6) is 0 Å². The molecule has 92 valence electrons. The highest BCUT2D eigenvalue weighted by Gasteiger charge is 2.03. The molecule has 3 N–H and O–H groups in total. The summed E-state index contributed by atoms with van der Waals surface area (Å²) in [6.07, 6.45) is 1.68. The number of aryl methyl sites for hydroxylation is 2. The summed E-state index contributed by atoms with van der Waals surface area (Å²) in [4.78, 5) is 4.66. The van der Waals surface area contributed by atoms with Gasteiger partial charge in [0.1, 0.15) is 10.8 Å². The van der Waals surface area contributed by atoms with Gasteiger partial charge in [0.2, 0.25) is 0 Å². The van der Waals surface area contributed by atoms with Crippen molar-refractivity contribution in [2.24, 2.45) is 5.73 Å². The Bertz CT molecular complexity index is 556. The van der Waals surface area contributed by atoms with Gasteiger partial charge in [-0.2, -0.15) is 0 Å². The minimum Gasteiger partial charge on any atom is -0.389 e. The van der Waals surface area contributed by atoms with Gasteiger partial charge in [0, 0.05) is 17.4 Å². The van der Waals surface area contributed by atoms with E-state index in [1.165, 1.54) is 11.1 Å². The van der Waals surface area contributed by atoms with Gasteiger partial charge in [0.25, 0.3) is 0 Å². The van der Waals surface area contributed by atoms with Gasteiger partial charge in [-0.15, -0.1) is 0 Å². The number of nitrogens with two attached hydrogens (primary N) is 1. The maximum absolute atomic E-state index is 5.54. The third kappa shape index (κ3) is 2.65. The van der Waals surface area contributed by atoms with E-state index in [1.54, 1.807) is 6.20 Å². The summed E-state index contributed by atoms with van der Waals surface area (Å²) < 4.78 is 0. The molecule has 0 atom stereocenters. The van der Waals surface area contributed by atoms with Gasteiger partial charge < -0.3 is 11.1 Å². The molecule has 0 radical (unpaired) electrons. The summed E-state index contributed by atoms with van der Waals surface area (Å²) in [6, 6.07) is 9.92. The summed E-state index contributed by atoms with van der Waals surface area (Å²) in [6.45, 7) is 4.14. The Balaban J connectivity index is 2.26. The van der Waals surface area contributed by atoms with Gasteiger partial charge in [0.15, 0.2) is 0 Å². The first kappa shape index (κ1) is 12.5. The van der Waals surface area contributed by atoms with E-state index in [0.717, 1.165) is 17.1 Å². The molecule has 3 nitrogen and oxygen atoms in total. The minimum atomic E-state index is 0.362. The standard InChI is InChI=1S/C14H15N3S/c1-9-4-3-5-10(2)13(9)17-12-7-6-11(8-16-12)14(15)18/h3-8H,1-2H3,(H2,15,18)(H,16,17). The fourth-order valence-corrected chi connectivity index (χ4v) is 1.87. The Morgan fingerprint density at radius 2 is 1.83 bits per heavy atom. The van der Waals surface area contributed by atoms with Crippen molar-refractivity contribution < 1.29 is 0 Å². The summed E-state index contributed by atoms with van der Waals surface area (Å²) in [5, 5.41) is 3.31. The van der Waals surface area contributed by atoms with Crippen molar-refractivity contribution in [1.29, 1.82) is 0 Å². The highest BCUT2D eigenvalue weighted by Crippen LogP contribution is 2.23. The van der Waals surface area contributed by atoms with E-state index in [1.807, 2.05) is 18.2 Å². The Morgan fingerprint density at radius 1 is 1.17 bits per heavy atom. The molecule has 0 spiro atoms. The van der Waals surface area contributed by atoms with E-state index >= 15 is 0 Å². The number of rotatable bonds is 3. The molecule has 1 heterocycles. The Labute approximate surface area is 112 Å². The largest absolute Gasteiger partial charge is 0.389 e. The van der Waals surface area contributed by atoms with Crippen LogP contribution in [-0.2, 0) is 0 Å². The van der Waals surface area contributed by atoms with Crippen LogP contribution in [0.3, 0.4) is 0 Å². The molecular weight excluding hydrogens is 242 g/mol. The van der Waals surface area contributed by atoms with Crippen molar-refractivity contribution in [3.63, 3.8) is 0 Å². The molecule has 0 bridgehead atoms. The molecule has 0 amide bonds. The molecule has 0 unspecified atom stereocenters. The molecule has 0 aliphatic carbocycles. The highest BCUT2D eigenvalue weighted by molar-refractivity contribution is 7.80. The Morgan fingerprint density at radius 3 is 2.33 bits per heavy atom. The monoisotopic (exact) mass is 257 g/mol. The molecule has 4 heteroatoms. The van der Waals surface area contributed by atoms with Gasteiger partial charge >= 0.3 is 0 Å². The van der Waals surface area contributed by atoms with Crippen LogP contribution in [0.1, 0.15) is 16.7 Å². The third-order valence-corrected chi connectivity index (χ3v) is 3.02. The molecule has 0 aliphatic heterocycles. The SMILES string of the molecule is Cc1cccc(C)c1Nc1ccc(C(N)=S)cn1. The Kier molecular flexibility index (Phi) is 3.58. The maximum atomic E-state index is 5.54. The topological polar surface area (TPSA) is 50.9 Å². The minimum absolute atomic E-state index is 0.362. The van der Waals surface area contributed by atoms with Gasteiger partial charge in [-0.05, 0) is 37.1 Å². The van der Waals surface area contributed by atoms with Crippen molar-refractivity contribution in [3.8, 4) is 0 Å². The predicted octanol–water partition coefficient (Wildman–Crippen LogP) is 3.08. The average Bonchev–Trinajstić information content (AvgIpc) is 2.34. The van der Waals surface area contributed by atoms with E-state index in [9.17, 15) is 0 Å². The zero-order valence-corrected chi connectivity index (χ0v) is 11.2. The van der Waals surface area contributed by atoms with Crippen LogP contribution in [-0.4, -0.2) is 9.97 Å². The zero-order chi connectivity index (χ0) is 13.1. The number of thiocarbonyl (C=S) groups is 1. The summed E-state index contributed by atoms with van der Waals surface area (Å²) >= 11 is 4.89.